The minimum atomic E-state index is -0.503. The van der Waals surface area contributed by atoms with Crippen molar-refractivity contribution in [2.45, 2.75) is 0 Å². The van der Waals surface area contributed by atoms with Crippen molar-refractivity contribution in [1.82, 2.24) is 0 Å². The molecular weight excluding hydrogens is 391 g/mol. The molecule has 2 aromatic rings. The zero-order valence-corrected chi connectivity index (χ0v) is 13.1. The summed E-state index contributed by atoms with van der Waals surface area (Å²) < 4.78 is 0.846. The van der Waals surface area contributed by atoms with Gasteiger partial charge in [-0.3, -0.25) is 4.79 Å². The topological polar surface area (TPSA) is 61.7 Å². The maximum Gasteiger partial charge on any atom is 0.278 e. The Morgan fingerprint density at radius 3 is 2.50 bits per heavy atom. The van der Waals surface area contributed by atoms with Crippen molar-refractivity contribution in [3.63, 3.8) is 0 Å². The molecule has 0 aliphatic rings. The van der Waals surface area contributed by atoms with E-state index in [1.165, 1.54) is 0 Å². The molecule has 0 aliphatic carbocycles. The summed E-state index contributed by atoms with van der Waals surface area (Å²) in [5.74, 6) is -0.503. The number of oxime groups is 1. The second kappa shape index (κ2) is 6.71. The highest BCUT2D eigenvalue weighted by molar-refractivity contribution is 14.1. The third-order valence-electron chi connectivity index (χ3n) is 2.48. The number of nitrogens with one attached hydrogen (secondary N) is 1. The van der Waals surface area contributed by atoms with E-state index in [1.807, 2.05) is 6.07 Å². The average Bonchev–Trinajstić information content (AvgIpc) is 2.39. The summed E-state index contributed by atoms with van der Waals surface area (Å²) in [6, 6.07) is 14.0. The van der Waals surface area contributed by atoms with Crippen LogP contribution in [0, 0.1) is 3.57 Å². The van der Waals surface area contributed by atoms with Gasteiger partial charge in [-0.05, 0) is 52.9 Å². The van der Waals surface area contributed by atoms with Gasteiger partial charge in [0.2, 0.25) is 0 Å². The van der Waals surface area contributed by atoms with E-state index in [4.69, 9.17) is 16.8 Å². The van der Waals surface area contributed by atoms with Gasteiger partial charge in [0.05, 0.1) is 0 Å². The van der Waals surface area contributed by atoms with Crippen molar-refractivity contribution >= 4 is 51.5 Å². The second-order valence-electron chi connectivity index (χ2n) is 3.93. The molecule has 0 aliphatic heterocycles. The Morgan fingerprint density at radius 2 is 1.90 bits per heavy atom. The molecule has 0 bridgehead atoms. The highest BCUT2D eigenvalue weighted by Crippen LogP contribution is 2.18. The third kappa shape index (κ3) is 3.71. The molecule has 2 aromatic carbocycles. The van der Waals surface area contributed by atoms with Crippen LogP contribution in [0.1, 0.15) is 5.56 Å². The molecule has 2 N–H and O–H groups in total. The van der Waals surface area contributed by atoms with Gasteiger partial charge in [-0.15, -0.1) is 0 Å². The minimum absolute atomic E-state index is 0.0886. The van der Waals surface area contributed by atoms with Crippen LogP contribution in [0.4, 0.5) is 5.69 Å². The number of halogens is 2. The number of benzene rings is 2. The van der Waals surface area contributed by atoms with Gasteiger partial charge in [-0.1, -0.05) is 35.0 Å². The highest BCUT2D eigenvalue weighted by atomic mass is 127. The number of para-hydroxylation sites is 1. The van der Waals surface area contributed by atoms with E-state index in [0.29, 0.717) is 16.3 Å². The molecule has 1 amide bonds. The molecule has 0 spiro atoms. The predicted octanol–water partition coefficient (Wildman–Crippen LogP) is 3.76. The summed E-state index contributed by atoms with van der Waals surface area (Å²) in [5.41, 5.74) is 0.988. The predicted molar refractivity (Wildman–Crippen MR) is 87.6 cm³/mol. The van der Waals surface area contributed by atoms with Gasteiger partial charge in [0.1, 0.15) is 0 Å². The molecule has 4 nitrogen and oxygen atoms in total. The van der Waals surface area contributed by atoms with Crippen molar-refractivity contribution in [2.75, 3.05) is 5.32 Å². The first-order valence-corrected chi connectivity index (χ1v) is 7.11. The lowest BCUT2D eigenvalue weighted by Crippen LogP contribution is -2.24. The van der Waals surface area contributed by atoms with E-state index in [-0.39, 0.29) is 5.71 Å². The van der Waals surface area contributed by atoms with Gasteiger partial charge >= 0.3 is 0 Å². The Balaban J connectivity index is 2.26. The Kier molecular flexibility index (Phi) is 4.97. The summed E-state index contributed by atoms with van der Waals surface area (Å²) in [4.78, 5) is 12.1. The van der Waals surface area contributed by atoms with E-state index in [9.17, 15) is 4.79 Å². The number of carbonyl (C=O) groups excluding carboxylic acids is 1. The minimum Gasteiger partial charge on any atom is -0.410 e. The number of hydrogen-bond acceptors (Lipinski definition) is 3. The number of amides is 1. The van der Waals surface area contributed by atoms with Gasteiger partial charge in [-0.2, -0.15) is 0 Å². The first-order valence-electron chi connectivity index (χ1n) is 5.65. The summed E-state index contributed by atoms with van der Waals surface area (Å²) in [6.45, 7) is 0. The average molecular weight is 401 g/mol. The van der Waals surface area contributed by atoms with Gasteiger partial charge in [-0.25, -0.2) is 0 Å². The van der Waals surface area contributed by atoms with Gasteiger partial charge in [0.15, 0.2) is 5.71 Å². The number of hydrogen-bond donors (Lipinski definition) is 2. The van der Waals surface area contributed by atoms with Crippen molar-refractivity contribution in [3.05, 3.63) is 62.7 Å². The number of carbonyl (C=O) groups is 1. The molecular formula is C14H10ClIN2O2. The van der Waals surface area contributed by atoms with Crippen molar-refractivity contribution in [3.8, 4) is 0 Å². The van der Waals surface area contributed by atoms with Gasteiger partial charge in [0, 0.05) is 19.8 Å². The van der Waals surface area contributed by atoms with Crippen LogP contribution in [0.15, 0.2) is 53.7 Å². The first-order chi connectivity index (χ1) is 9.60. The molecule has 0 saturated heterocycles. The fraction of sp³-hybridized carbons (Fsp3) is 0. The standard InChI is InChI=1S/C14H10ClIN2O2/c15-10-6-9(7-11(16)8-10)13(18-20)14(19)17-12-4-2-1-3-5-12/h1-8,20H,(H,17,19). The Bertz CT molecular complexity index is 639. The van der Waals surface area contributed by atoms with Gasteiger partial charge < -0.3 is 10.5 Å². The Labute approximate surface area is 134 Å². The molecule has 20 heavy (non-hydrogen) atoms. The zero-order valence-electron chi connectivity index (χ0n) is 10.2. The fourth-order valence-corrected chi connectivity index (χ4v) is 2.73. The molecule has 0 fully saturated rings. The van der Waals surface area contributed by atoms with E-state index in [2.05, 4.69) is 33.1 Å². The van der Waals surface area contributed by atoms with Crippen LogP contribution in [0.5, 0.6) is 0 Å². The highest BCUT2D eigenvalue weighted by Gasteiger charge is 2.16. The maximum atomic E-state index is 12.1. The van der Waals surface area contributed by atoms with E-state index >= 15 is 0 Å². The Hall–Kier alpha value is -1.60. The lowest BCUT2D eigenvalue weighted by atomic mass is 10.1. The van der Waals surface area contributed by atoms with Crippen LogP contribution in [-0.4, -0.2) is 16.8 Å². The van der Waals surface area contributed by atoms with Crippen LogP contribution in [0.25, 0.3) is 0 Å². The zero-order chi connectivity index (χ0) is 14.5. The second-order valence-corrected chi connectivity index (χ2v) is 5.61. The van der Waals surface area contributed by atoms with Crippen LogP contribution >= 0.6 is 34.2 Å². The molecule has 2 rings (SSSR count). The van der Waals surface area contributed by atoms with Crippen molar-refractivity contribution in [1.29, 1.82) is 0 Å². The van der Waals surface area contributed by atoms with Crippen LogP contribution < -0.4 is 5.32 Å². The largest absolute Gasteiger partial charge is 0.410 e. The normalized spacial score (nSPS) is 11.2. The number of nitrogens with zero attached hydrogens (tertiary/aromatic N) is 1. The molecule has 0 atom stereocenters. The van der Waals surface area contributed by atoms with Crippen molar-refractivity contribution < 1.29 is 10.0 Å². The van der Waals surface area contributed by atoms with Crippen LogP contribution in [0.3, 0.4) is 0 Å². The van der Waals surface area contributed by atoms with E-state index in [1.54, 1.807) is 42.5 Å². The smallest absolute Gasteiger partial charge is 0.278 e. The van der Waals surface area contributed by atoms with Crippen molar-refractivity contribution in [2.24, 2.45) is 5.16 Å². The van der Waals surface area contributed by atoms with Gasteiger partial charge in [0.25, 0.3) is 5.91 Å². The molecule has 0 saturated carbocycles. The molecule has 0 aromatic heterocycles. The molecule has 0 radical (unpaired) electrons. The molecule has 6 heteroatoms. The van der Waals surface area contributed by atoms with Crippen LogP contribution in [0.2, 0.25) is 5.02 Å². The summed E-state index contributed by atoms with van der Waals surface area (Å²) >= 11 is 8.02. The lowest BCUT2D eigenvalue weighted by molar-refractivity contribution is -0.110. The van der Waals surface area contributed by atoms with E-state index < -0.39 is 5.91 Å². The molecule has 0 unspecified atom stereocenters. The molecule has 102 valence electrons. The number of anilines is 1. The summed E-state index contributed by atoms with van der Waals surface area (Å²) in [6.07, 6.45) is 0. The third-order valence-corrected chi connectivity index (χ3v) is 3.32. The monoisotopic (exact) mass is 400 g/mol. The van der Waals surface area contributed by atoms with Crippen LogP contribution in [-0.2, 0) is 4.79 Å². The molecule has 0 heterocycles. The quantitative estimate of drug-likeness (QED) is 0.357. The van der Waals surface area contributed by atoms with E-state index in [0.717, 1.165) is 3.57 Å². The maximum absolute atomic E-state index is 12.1. The Morgan fingerprint density at radius 1 is 1.20 bits per heavy atom. The SMILES string of the molecule is O=C(Nc1ccccc1)C(=NO)c1cc(Cl)cc(I)c1. The summed E-state index contributed by atoms with van der Waals surface area (Å²) in [7, 11) is 0. The number of rotatable bonds is 3. The fourth-order valence-electron chi connectivity index (χ4n) is 1.64. The first kappa shape index (κ1) is 14.8. The summed E-state index contributed by atoms with van der Waals surface area (Å²) in [5, 5.41) is 15.3. The lowest BCUT2D eigenvalue weighted by Gasteiger charge is -2.07.